The van der Waals surface area contributed by atoms with Gasteiger partial charge in [0, 0.05) is 18.9 Å². The first-order valence-corrected chi connectivity index (χ1v) is 6.47. The maximum Gasteiger partial charge on any atom is 0.150 e. The third kappa shape index (κ3) is 2.76. The van der Waals surface area contributed by atoms with Gasteiger partial charge in [0.05, 0.1) is 6.54 Å². The fourth-order valence-electron chi connectivity index (χ4n) is 1.98. The van der Waals surface area contributed by atoms with Gasteiger partial charge >= 0.3 is 0 Å². The molecule has 0 bridgehead atoms. The molecule has 18 heavy (non-hydrogen) atoms. The van der Waals surface area contributed by atoms with Crippen LogP contribution in [0, 0.1) is 0 Å². The first-order valence-electron chi connectivity index (χ1n) is 6.47. The molecule has 2 N–H and O–H groups in total. The lowest BCUT2D eigenvalue weighted by molar-refractivity contribution is 0.505. The standard InChI is InChI=1S/C14H20N4/c1-3-13-16-14(4-2)18(17-13)10-12(15)11-8-6-5-7-9-11/h5-9,12H,3-4,10,15H2,1-2H3. The molecule has 0 saturated carbocycles. The quantitative estimate of drug-likeness (QED) is 0.876. The summed E-state index contributed by atoms with van der Waals surface area (Å²) in [6, 6.07) is 10.1. The van der Waals surface area contributed by atoms with Crippen LogP contribution in [0.1, 0.15) is 37.1 Å². The Morgan fingerprint density at radius 1 is 1.17 bits per heavy atom. The van der Waals surface area contributed by atoms with E-state index in [1.807, 2.05) is 35.0 Å². The van der Waals surface area contributed by atoms with Crippen molar-refractivity contribution in [2.24, 2.45) is 5.73 Å². The average molecular weight is 244 g/mol. The van der Waals surface area contributed by atoms with Crippen molar-refractivity contribution in [2.45, 2.75) is 39.3 Å². The second-order valence-electron chi connectivity index (χ2n) is 4.35. The van der Waals surface area contributed by atoms with Crippen LogP contribution in [-0.4, -0.2) is 14.8 Å². The van der Waals surface area contributed by atoms with E-state index < -0.39 is 0 Å². The van der Waals surface area contributed by atoms with Crippen molar-refractivity contribution in [3.63, 3.8) is 0 Å². The van der Waals surface area contributed by atoms with Crippen molar-refractivity contribution in [1.29, 1.82) is 0 Å². The molecule has 1 heterocycles. The van der Waals surface area contributed by atoms with Crippen LogP contribution in [-0.2, 0) is 19.4 Å². The highest BCUT2D eigenvalue weighted by Gasteiger charge is 2.12. The summed E-state index contributed by atoms with van der Waals surface area (Å²) in [7, 11) is 0. The van der Waals surface area contributed by atoms with Crippen molar-refractivity contribution in [3.05, 3.63) is 47.5 Å². The lowest BCUT2D eigenvalue weighted by Gasteiger charge is -2.13. The number of aryl methyl sites for hydroxylation is 2. The molecule has 0 saturated heterocycles. The summed E-state index contributed by atoms with van der Waals surface area (Å²) >= 11 is 0. The zero-order chi connectivity index (χ0) is 13.0. The van der Waals surface area contributed by atoms with Gasteiger partial charge in [-0.2, -0.15) is 5.10 Å². The maximum atomic E-state index is 6.21. The number of nitrogens with two attached hydrogens (primary N) is 1. The molecule has 2 aromatic rings. The molecule has 0 aliphatic carbocycles. The molecule has 0 amide bonds. The van der Waals surface area contributed by atoms with Gasteiger partial charge in [-0.3, -0.25) is 0 Å². The zero-order valence-corrected chi connectivity index (χ0v) is 11.0. The molecule has 0 aliphatic rings. The number of hydrogen-bond acceptors (Lipinski definition) is 3. The van der Waals surface area contributed by atoms with Crippen LogP contribution >= 0.6 is 0 Å². The van der Waals surface area contributed by atoms with Gasteiger partial charge in [0.2, 0.25) is 0 Å². The Morgan fingerprint density at radius 3 is 2.50 bits per heavy atom. The molecule has 1 unspecified atom stereocenters. The molecule has 1 atom stereocenters. The summed E-state index contributed by atoms with van der Waals surface area (Å²) in [4.78, 5) is 4.49. The van der Waals surface area contributed by atoms with E-state index in [0.29, 0.717) is 6.54 Å². The van der Waals surface area contributed by atoms with Crippen LogP contribution < -0.4 is 5.73 Å². The monoisotopic (exact) mass is 244 g/mol. The Kier molecular flexibility index (Phi) is 4.10. The van der Waals surface area contributed by atoms with Crippen LogP contribution in [0.5, 0.6) is 0 Å². The second-order valence-corrected chi connectivity index (χ2v) is 4.35. The molecule has 0 spiro atoms. The molecular formula is C14H20N4. The van der Waals surface area contributed by atoms with E-state index in [1.165, 1.54) is 0 Å². The van der Waals surface area contributed by atoms with Crippen molar-refractivity contribution < 1.29 is 0 Å². The Hall–Kier alpha value is -1.68. The molecule has 2 rings (SSSR count). The molecule has 4 nitrogen and oxygen atoms in total. The normalized spacial score (nSPS) is 12.6. The van der Waals surface area contributed by atoms with Crippen molar-refractivity contribution in [3.8, 4) is 0 Å². The Balaban J connectivity index is 2.16. The summed E-state index contributed by atoms with van der Waals surface area (Å²) in [6.45, 7) is 4.84. The summed E-state index contributed by atoms with van der Waals surface area (Å²) in [5.74, 6) is 1.91. The Labute approximate surface area is 108 Å². The number of nitrogens with zero attached hydrogens (tertiary/aromatic N) is 3. The van der Waals surface area contributed by atoms with Crippen LogP contribution in [0.25, 0.3) is 0 Å². The SMILES string of the molecule is CCc1nc(CC)n(CC(N)c2ccccc2)n1. The third-order valence-electron chi connectivity index (χ3n) is 3.02. The van der Waals surface area contributed by atoms with Gasteiger partial charge in [0.25, 0.3) is 0 Å². The van der Waals surface area contributed by atoms with E-state index in [0.717, 1.165) is 30.1 Å². The summed E-state index contributed by atoms with van der Waals surface area (Å²) in [5.41, 5.74) is 7.35. The van der Waals surface area contributed by atoms with Crippen LogP contribution in [0.15, 0.2) is 30.3 Å². The molecule has 1 aromatic carbocycles. The van der Waals surface area contributed by atoms with E-state index >= 15 is 0 Å². The molecular weight excluding hydrogens is 224 g/mol. The smallest absolute Gasteiger partial charge is 0.150 e. The minimum Gasteiger partial charge on any atom is -0.322 e. The van der Waals surface area contributed by atoms with E-state index in [-0.39, 0.29) is 6.04 Å². The molecule has 1 aromatic heterocycles. The van der Waals surface area contributed by atoms with Gasteiger partial charge in [-0.15, -0.1) is 0 Å². The van der Waals surface area contributed by atoms with Crippen molar-refractivity contribution >= 4 is 0 Å². The van der Waals surface area contributed by atoms with Crippen molar-refractivity contribution in [1.82, 2.24) is 14.8 Å². The summed E-state index contributed by atoms with van der Waals surface area (Å²) < 4.78 is 1.94. The van der Waals surface area contributed by atoms with Crippen LogP contribution in [0.2, 0.25) is 0 Å². The van der Waals surface area contributed by atoms with Crippen LogP contribution in [0.4, 0.5) is 0 Å². The number of benzene rings is 1. The van der Waals surface area contributed by atoms with E-state index in [9.17, 15) is 0 Å². The lowest BCUT2D eigenvalue weighted by Crippen LogP contribution is -2.19. The summed E-state index contributed by atoms with van der Waals surface area (Å²) in [6.07, 6.45) is 1.75. The zero-order valence-electron chi connectivity index (χ0n) is 11.0. The Bertz CT molecular complexity index is 490. The maximum absolute atomic E-state index is 6.21. The predicted molar refractivity (Wildman–Crippen MR) is 72.1 cm³/mol. The number of rotatable bonds is 5. The summed E-state index contributed by atoms with van der Waals surface area (Å²) in [5, 5.41) is 4.49. The molecule has 0 radical (unpaired) electrons. The molecule has 0 aliphatic heterocycles. The first kappa shape index (κ1) is 12.8. The second kappa shape index (κ2) is 5.78. The third-order valence-corrected chi connectivity index (χ3v) is 3.02. The van der Waals surface area contributed by atoms with E-state index in [2.05, 4.69) is 23.9 Å². The van der Waals surface area contributed by atoms with Gasteiger partial charge in [0.15, 0.2) is 5.82 Å². The largest absolute Gasteiger partial charge is 0.322 e. The molecule has 96 valence electrons. The van der Waals surface area contributed by atoms with Gasteiger partial charge in [-0.05, 0) is 5.56 Å². The minimum atomic E-state index is -0.0390. The van der Waals surface area contributed by atoms with Crippen LogP contribution in [0.3, 0.4) is 0 Å². The highest BCUT2D eigenvalue weighted by atomic mass is 15.3. The fraction of sp³-hybridized carbons (Fsp3) is 0.429. The highest BCUT2D eigenvalue weighted by molar-refractivity contribution is 5.18. The van der Waals surface area contributed by atoms with Gasteiger partial charge in [0.1, 0.15) is 5.82 Å². The molecule has 4 heteroatoms. The van der Waals surface area contributed by atoms with Gasteiger partial charge < -0.3 is 5.73 Å². The average Bonchev–Trinajstić information content (AvgIpc) is 2.82. The number of hydrogen-bond donors (Lipinski definition) is 1. The molecule has 0 fully saturated rings. The predicted octanol–water partition coefficient (Wildman–Crippen LogP) is 2.10. The highest BCUT2D eigenvalue weighted by Crippen LogP contribution is 2.13. The Morgan fingerprint density at radius 2 is 1.89 bits per heavy atom. The van der Waals surface area contributed by atoms with Crippen molar-refractivity contribution in [2.75, 3.05) is 0 Å². The lowest BCUT2D eigenvalue weighted by atomic mass is 10.1. The topological polar surface area (TPSA) is 56.7 Å². The van der Waals surface area contributed by atoms with E-state index in [1.54, 1.807) is 0 Å². The fourth-order valence-corrected chi connectivity index (χ4v) is 1.98. The minimum absolute atomic E-state index is 0.0390. The van der Waals surface area contributed by atoms with Gasteiger partial charge in [-0.25, -0.2) is 9.67 Å². The van der Waals surface area contributed by atoms with E-state index in [4.69, 9.17) is 5.73 Å². The first-order chi connectivity index (χ1) is 8.74. The van der Waals surface area contributed by atoms with Gasteiger partial charge in [-0.1, -0.05) is 44.2 Å². The number of aromatic nitrogens is 3.